The zero-order valence-electron chi connectivity index (χ0n) is 10.8. The Balaban J connectivity index is 2.40. The summed E-state index contributed by atoms with van der Waals surface area (Å²) in [7, 11) is 0. The number of hydrogen-bond acceptors (Lipinski definition) is 6. The number of carbonyl (C=O) groups excluding carboxylic acids is 1. The van der Waals surface area contributed by atoms with Gasteiger partial charge in [0, 0.05) is 17.6 Å². The fourth-order valence-electron chi connectivity index (χ4n) is 1.73. The van der Waals surface area contributed by atoms with Crippen LogP contribution in [0.4, 0.5) is 0 Å². The average Bonchev–Trinajstić information content (AvgIpc) is 2.75. The van der Waals surface area contributed by atoms with Crippen LogP contribution in [0.3, 0.4) is 0 Å². The molecule has 5 nitrogen and oxygen atoms in total. The molecule has 6 heteroatoms. The quantitative estimate of drug-likeness (QED) is 0.801. The Morgan fingerprint density at radius 1 is 1.32 bits per heavy atom. The number of aryl methyl sites for hydroxylation is 3. The van der Waals surface area contributed by atoms with Gasteiger partial charge in [-0.15, -0.1) is 11.3 Å². The van der Waals surface area contributed by atoms with Gasteiger partial charge in [0.05, 0.1) is 16.0 Å². The molecule has 96 valence electrons. The van der Waals surface area contributed by atoms with E-state index in [4.69, 9.17) is 0 Å². The molecule has 0 bridgehead atoms. The van der Waals surface area contributed by atoms with E-state index in [2.05, 4.69) is 15.0 Å². The van der Waals surface area contributed by atoms with E-state index in [9.17, 15) is 10.1 Å². The van der Waals surface area contributed by atoms with Crippen LogP contribution in [0, 0.1) is 32.1 Å². The van der Waals surface area contributed by atoms with E-state index in [1.807, 2.05) is 26.8 Å². The molecular formula is C13H12N4OS. The Morgan fingerprint density at radius 2 is 1.95 bits per heavy atom. The van der Waals surface area contributed by atoms with Crippen molar-refractivity contribution in [3.8, 4) is 6.07 Å². The predicted octanol–water partition coefficient (Wildman–Crippen LogP) is 2.35. The van der Waals surface area contributed by atoms with Crippen molar-refractivity contribution in [1.82, 2.24) is 15.0 Å². The molecule has 0 radical (unpaired) electrons. The summed E-state index contributed by atoms with van der Waals surface area (Å²) in [6.45, 7) is 5.44. The lowest BCUT2D eigenvalue weighted by Gasteiger charge is -2.07. The summed E-state index contributed by atoms with van der Waals surface area (Å²) >= 11 is 1.28. The lowest BCUT2D eigenvalue weighted by Crippen LogP contribution is -2.14. The van der Waals surface area contributed by atoms with Crippen molar-refractivity contribution < 1.29 is 4.79 Å². The van der Waals surface area contributed by atoms with Gasteiger partial charge in [-0.05, 0) is 26.8 Å². The fraction of sp³-hybridized carbons (Fsp3) is 0.308. The first-order valence-electron chi connectivity index (χ1n) is 5.69. The Kier molecular flexibility index (Phi) is 3.67. The highest BCUT2D eigenvalue weighted by molar-refractivity contribution is 7.13. The molecule has 2 aromatic heterocycles. The molecule has 0 aromatic carbocycles. The third-order valence-electron chi connectivity index (χ3n) is 2.51. The number of ketones is 1. The molecular weight excluding hydrogens is 260 g/mol. The molecule has 0 spiro atoms. The summed E-state index contributed by atoms with van der Waals surface area (Å²) in [5, 5.41) is 10.0. The number of thiazole rings is 1. The third kappa shape index (κ3) is 2.83. The van der Waals surface area contributed by atoms with Crippen LogP contribution in [-0.4, -0.2) is 20.7 Å². The standard InChI is InChI=1S/C13H12N4OS/c1-7-4-8(2)17-13(16-7)10(5-14)12(18)11-6-15-9(3)19-11/h4,6,10H,1-3H3/t10-/m1/s1. The van der Waals surface area contributed by atoms with E-state index in [0.717, 1.165) is 16.4 Å². The van der Waals surface area contributed by atoms with Crippen molar-refractivity contribution in [3.63, 3.8) is 0 Å². The molecule has 0 aliphatic carbocycles. The summed E-state index contributed by atoms with van der Waals surface area (Å²) in [6, 6.07) is 3.79. The molecule has 0 saturated carbocycles. The van der Waals surface area contributed by atoms with Gasteiger partial charge in [-0.25, -0.2) is 15.0 Å². The molecule has 0 aliphatic heterocycles. The summed E-state index contributed by atoms with van der Waals surface area (Å²) in [6.07, 6.45) is 1.50. The molecule has 0 N–H and O–H groups in total. The number of hydrogen-bond donors (Lipinski definition) is 0. The van der Waals surface area contributed by atoms with Crippen LogP contribution in [0.15, 0.2) is 12.3 Å². The first kappa shape index (κ1) is 13.3. The van der Waals surface area contributed by atoms with Crippen LogP contribution in [-0.2, 0) is 0 Å². The van der Waals surface area contributed by atoms with Crippen LogP contribution in [0.2, 0.25) is 0 Å². The molecule has 2 heterocycles. The van der Waals surface area contributed by atoms with Gasteiger partial charge in [0.2, 0.25) is 0 Å². The van der Waals surface area contributed by atoms with Gasteiger partial charge in [0.15, 0.2) is 17.5 Å². The number of rotatable bonds is 3. The van der Waals surface area contributed by atoms with E-state index >= 15 is 0 Å². The zero-order valence-corrected chi connectivity index (χ0v) is 11.7. The largest absolute Gasteiger partial charge is 0.291 e. The topological polar surface area (TPSA) is 79.5 Å². The molecule has 2 aromatic rings. The Morgan fingerprint density at radius 3 is 2.42 bits per heavy atom. The lowest BCUT2D eigenvalue weighted by molar-refractivity contribution is 0.0980. The van der Waals surface area contributed by atoms with Gasteiger partial charge < -0.3 is 0 Å². The maximum absolute atomic E-state index is 12.3. The van der Waals surface area contributed by atoms with Crippen LogP contribution in [0.1, 0.15) is 37.8 Å². The fourth-order valence-corrected chi connectivity index (χ4v) is 2.48. The van der Waals surface area contributed by atoms with Gasteiger partial charge in [0.25, 0.3) is 0 Å². The van der Waals surface area contributed by atoms with Gasteiger partial charge in [-0.1, -0.05) is 0 Å². The lowest BCUT2D eigenvalue weighted by atomic mass is 10.0. The summed E-state index contributed by atoms with van der Waals surface area (Å²) in [5.41, 5.74) is 1.49. The van der Waals surface area contributed by atoms with Crippen molar-refractivity contribution >= 4 is 17.1 Å². The highest BCUT2D eigenvalue weighted by Crippen LogP contribution is 2.22. The molecule has 0 saturated heterocycles. The Labute approximate surface area is 115 Å². The maximum Gasteiger partial charge on any atom is 0.199 e. The second-order valence-corrected chi connectivity index (χ2v) is 5.41. The number of nitrogens with zero attached hydrogens (tertiary/aromatic N) is 4. The number of Topliss-reactive ketones (excluding diaryl/α,β-unsaturated/α-hetero) is 1. The molecule has 0 amide bonds. The third-order valence-corrected chi connectivity index (χ3v) is 3.44. The normalized spacial score (nSPS) is 11.9. The van der Waals surface area contributed by atoms with Gasteiger partial charge >= 0.3 is 0 Å². The number of aromatic nitrogens is 3. The van der Waals surface area contributed by atoms with E-state index < -0.39 is 5.92 Å². The molecule has 19 heavy (non-hydrogen) atoms. The van der Waals surface area contributed by atoms with Gasteiger partial charge in [0.1, 0.15) is 0 Å². The monoisotopic (exact) mass is 272 g/mol. The Bertz CT molecular complexity index is 651. The Hall–Kier alpha value is -2.13. The maximum atomic E-state index is 12.3. The van der Waals surface area contributed by atoms with E-state index in [0.29, 0.717) is 4.88 Å². The van der Waals surface area contributed by atoms with Crippen molar-refractivity contribution in [2.75, 3.05) is 0 Å². The van der Waals surface area contributed by atoms with Gasteiger partial charge in [-0.2, -0.15) is 5.26 Å². The van der Waals surface area contributed by atoms with E-state index in [-0.39, 0.29) is 11.6 Å². The zero-order chi connectivity index (χ0) is 14.0. The smallest absolute Gasteiger partial charge is 0.199 e. The van der Waals surface area contributed by atoms with Crippen molar-refractivity contribution in [1.29, 1.82) is 5.26 Å². The van der Waals surface area contributed by atoms with Crippen molar-refractivity contribution in [3.05, 3.63) is 39.4 Å². The first-order valence-corrected chi connectivity index (χ1v) is 6.51. The molecule has 0 fully saturated rings. The van der Waals surface area contributed by atoms with Crippen molar-refractivity contribution in [2.45, 2.75) is 26.7 Å². The summed E-state index contributed by atoms with van der Waals surface area (Å²) in [5.74, 6) is -1.01. The minimum absolute atomic E-state index is 0.260. The summed E-state index contributed by atoms with van der Waals surface area (Å²) in [4.78, 5) is 25.2. The molecule has 1 atom stereocenters. The molecule has 0 aliphatic rings. The average molecular weight is 272 g/mol. The van der Waals surface area contributed by atoms with Crippen LogP contribution >= 0.6 is 11.3 Å². The highest BCUT2D eigenvalue weighted by Gasteiger charge is 2.26. The molecule has 0 unspecified atom stereocenters. The molecule has 2 rings (SSSR count). The van der Waals surface area contributed by atoms with Crippen LogP contribution in [0.25, 0.3) is 0 Å². The predicted molar refractivity (Wildman–Crippen MR) is 71.0 cm³/mol. The number of carbonyl (C=O) groups is 1. The number of nitriles is 1. The van der Waals surface area contributed by atoms with E-state index in [1.54, 1.807) is 6.07 Å². The second-order valence-electron chi connectivity index (χ2n) is 4.18. The van der Waals surface area contributed by atoms with Crippen molar-refractivity contribution in [2.24, 2.45) is 0 Å². The second kappa shape index (κ2) is 5.24. The van der Waals surface area contributed by atoms with E-state index in [1.165, 1.54) is 17.5 Å². The SMILES string of the molecule is Cc1cc(C)nc([C@H](C#N)C(=O)c2cnc(C)s2)n1. The highest BCUT2D eigenvalue weighted by atomic mass is 32.1. The minimum atomic E-state index is -0.974. The van der Waals surface area contributed by atoms with Gasteiger partial charge in [-0.3, -0.25) is 4.79 Å². The minimum Gasteiger partial charge on any atom is -0.291 e. The van der Waals surface area contributed by atoms with Crippen LogP contribution < -0.4 is 0 Å². The summed E-state index contributed by atoms with van der Waals surface area (Å²) < 4.78 is 0. The first-order chi connectivity index (χ1) is 9.01. The van der Waals surface area contributed by atoms with Crippen LogP contribution in [0.5, 0.6) is 0 Å².